The van der Waals surface area contributed by atoms with Crippen LogP contribution in [0.25, 0.3) is 0 Å². The first-order chi connectivity index (χ1) is 27.9. The van der Waals surface area contributed by atoms with Crippen LogP contribution >= 0.6 is 7.82 Å². The minimum Gasteiger partial charge on any atom is -0.462 e. The molecular weight excluding hydrogens is 767 g/mol. The minimum atomic E-state index is -5.13. The van der Waals surface area contributed by atoms with Gasteiger partial charge in [0.05, 0.1) is 6.61 Å². The predicted octanol–water partition coefficient (Wildman–Crippen LogP) is 7.33. The van der Waals surface area contributed by atoms with Gasteiger partial charge in [0.15, 0.2) is 6.10 Å². The lowest BCUT2D eigenvalue weighted by atomic mass is 9.85. The van der Waals surface area contributed by atoms with Crippen LogP contribution < -0.4 is 0 Å². The molecule has 0 aromatic heterocycles. The molecule has 0 heterocycles. The largest absolute Gasteiger partial charge is 0.472 e. The lowest BCUT2D eigenvalue weighted by Gasteiger charge is -2.41. The molecule has 1 fully saturated rings. The van der Waals surface area contributed by atoms with Crippen LogP contribution in [0.2, 0.25) is 0 Å². The van der Waals surface area contributed by atoms with Crippen LogP contribution in [0.4, 0.5) is 0 Å². The van der Waals surface area contributed by atoms with Crippen molar-refractivity contribution in [1.29, 1.82) is 0 Å². The molecule has 8 atom stereocenters. The van der Waals surface area contributed by atoms with Crippen molar-refractivity contribution in [2.75, 3.05) is 13.2 Å². The zero-order valence-electron chi connectivity index (χ0n) is 34.5. The van der Waals surface area contributed by atoms with E-state index in [0.717, 1.165) is 83.5 Å². The number of carbonyl (C=O) groups is 2. The summed E-state index contributed by atoms with van der Waals surface area (Å²) in [5.41, 5.74) is 0. The van der Waals surface area contributed by atoms with Crippen molar-refractivity contribution >= 4 is 19.8 Å². The summed E-state index contributed by atoms with van der Waals surface area (Å²) in [5, 5.41) is 50.0. The molecule has 1 saturated carbocycles. The Morgan fingerprint density at radius 3 is 1.62 bits per heavy atom. The number of unbranched alkanes of at least 4 members (excludes halogenated alkanes) is 8. The SMILES string of the molecule is CC/C=C/C=C/C=C/CCCCCCCC(=O)OC(COC(=O)CCCCC/C=C/C/C=C/C/C=C/C/C=C/CC)COP(=O)(O)OC1C(O)C(O)C(O)[C@H](O)C1O. The topological polar surface area (TPSA) is 210 Å². The van der Waals surface area contributed by atoms with Crippen LogP contribution in [0.15, 0.2) is 85.1 Å². The summed E-state index contributed by atoms with van der Waals surface area (Å²) in [4.78, 5) is 35.6. The Morgan fingerprint density at radius 2 is 1.02 bits per heavy atom. The molecule has 0 radical (unpaired) electrons. The van der Waals surface area contributed by atoms with Gasteiger partial charge < -0.3 is 39.9 Å². The Balaban J connectivity index is 2.55. The Kier molecular flexibility index (Phi) is 30.9. The van der Waals surface area contributed by atoms with Gasteiger partial charge in [-0.15, -0.1) is 0 Å². The average molecular weight is 839 g/mol. The van der Waals surface area contributed by atoms with Gasteiger partial charge >= 0.3 is 19.8 Å². The Morgan fingerprint density at radius 1 is 0.552 bits per heavy atom. The minimum absolute atomic E-state index is 0.0611. The standard InChI is InChI=1S/C44H71O13P/c1-3-5-7-9-11-13-15-17-18-19-21-22-24-26-28-30-32-37(45)54-34-36(35-55-58(52,53)57-44-42(50)40(48)39(47)41(49)43(44)51)56-38(46)33-31-29-27-25-23-20-16-14-12-10-8-6-4-2/h5-8,10-14,16-18,21-22,36,39-44,47-51H,3-4,9,15,19-20,23-35H2,1-2H3,(H,52,53)/b7-5+,8-6+,12-10+,13-11+,16-14+,18-17+,22-21+/t36?,39?,40-,41?,42?,43?,44?/m0/s1. The van der Waals surface area contributed by atoms with Gasteiger partial charge in [-0.25, -0.2) is 4.57 Å². The van der Waals surface area contributed by atoms with Crippen LogP contribution in [0, 0.1) is 0 Å². The van der Waals surface area contributed by atoms with Gasteiger partial charge in [-0.2, -0.15) is 0 Å². The highest BCUT2D eigenvalue weighted by molar-refractivity contribution is 7.47. The molecule has 0 aromatic rings. The number of ether oxygens (including phenoxy) is 2. The van der Waals surface area contributed by atoms with E-state index in [4.69, 9.17) is 18.5 Å². The average Bonchev–Trinajstić information content (AvgIpc) is 3.20. The maximum atomic E-state index is 12.8. The van der Waals surface area contributed by atoms with Crippen molar-refractivity contribution < 1.29 is 63.1 Å². The van der Waals surface area contributed by atoms with Gasteiger partial charge in [0, 0.05) is 12.8 Å². The van der Waals surface area contributed by atoms with Gasteiger partial charge in [-0.05, 0) is 70.6 Å². The van der Waals surface area contributed by atoms with Crippen molar-refractivity contribution in [3.8, 4) is 0 Å². The molecule has 6 N–H and O–H groups in total. The molecular formula is C44H71O13P. The van der Waals surface area contributed by atoms with Crippen LogP contribution in [0.3, 0.4) is 0 Å². The molecule has 0 amide bonds. The fourth-order valence-corrected chi connectivity index (χ4v) is 6.66. The van der Waals surface area contributed by atoms with Crippen LogP contribution in [0.1, 0.15) is 123 Å². The molecule has 13 nitrogen and oxygen atoms in total. The molecule has 7 unspecified atom stereocenters. The van der Waals surface area contributed by atoms with Crippen molar-refractivity contribution in [2.45, 2.75) is 166 Å². The molecule has 0 spiro atoms. The quantitative estimate of drug-likeness (QED) is 0.0129. The number of phosphoric acid groups is 1. The fraction of sp³-hybridized carbons (Fsp3) is 0.636. The van der Waals surface area contributed by atoms with Crippen LogP contribution in [0.5, 0.6) is 0 Å². The summed E-state index contributed by atoms with van der Waals surface area (Å²) in [5.74, 6) is -1.17. The van der Waals surface area contributed by atoms with Gasteiger partial charge in [-0.3, -0.25) is 18.6 Å². The van der Waals surface area contributed by atoms with Crippen molar-refractivity contribution in [3.63, 3.8) is 0 Å². The third-order valence-electron chi connectivity index (χ3n) is 9.04. The second-order valence-electron chi connectivity index (χ2n) is 14.1. The highest BCUT2D eigenvalue weighted by atomic mass is 31.2. The molecule has 58 heavy (non-hydrogen) atoms. The first-order valence-corrected chi connectivity index (χ1v) is 22.4. The number of carbonyl (C=O) groups excluding carboxylic acids is 2. The van der Waals surface area contributed by atoms with E-state index in [2.05, 4.69) is 74.6 Å². The number of hydrogen-bond donors (Lipinski definition) is 6. The first-order valence-electron chi connectivity index (χ1n) is 20.9. The molecule has 0 saturated heterocycles. The number of phosphoric ester groups is 1. The van der Waals surface area contributed by atoms with Gasteiger partial charge in [0.1, 0.15) is 43.2 Å². The van der Waals surface area contributed by atoms with E-state index in [1.54, 1.807) is 0 Å². The second kappa shape index (κ2) is 33.8. The maximum Gasteiger partial charge on any atom is 0.472 e. The summed E-state index contributed by atoms with van der Waals surface area (Å²) in [6, 6.07) is 0. The fourth-order valence-electron chi connectivity index (χ4n) is 5.69. The highest BCUT2D eigenvalue weighted by Crippen LogP contribution is 2.47. The highest BCUT2D eigenvalue weighted by Gasteiger charge is 2.51. The van der Waals surface area contributed by atoms with Crippen LogP contribution in [-0.2, 0) is 32.7 Å². The summed E-state index contributed by atoms with van der Waals surface area (Å²) in [7, 11) is -5.13. The van der Waals surface area contributed by atoms with E-state index >= 15 is 0 Å². The van der Waals surface area contributed by atoms with E-state index in [0.29, 0.717) is 12.8 Å². The Bertz CT molecular complexity index is 1340. The number of aliphatic hydroxyl groups is 5. The lowest BCUT2D eigenvalue weighted by Crippen LogP contribution is -2.64. The Labute approximate surface area is 346 Å². The smallest absolute Gasteiger partial charge is 0.462 e. The number of allylic oxidation sites excluding steroid dienone is 14. The van der Waals surface area contributed by atoms with E-state index in [-0.39, 0.29) is 12.8 Å². The van der Waals surface area contributed by atoms with Crippen LogP contribution in [-0.4, -0.2) is 98.3 Å². The lowest BCUT2D eigenvalue weighted by molar-refractivity contribution is -0.220. The third-order valence-corrected chi connectivity index (χ3v) is 10.0. The van der Waals surface area contributed by atoms with E-state index in [1.165, 1.54) is 0 Å². The number of aliphatic hydroxyl groups excluding tert-OH is 5. The maximum absolute atomic E-state index is 12.8. The zero-order valence-corrected chi connectivity index (χ0v) is 35.4. The van der Waals surface area contributed by atoms with Gasteiger partial charge in [0.25, 0.3) is 0 Å². The first kappa shape index (κ1) is 53.0. The number of hydrogen-bond acceptors (Lipinski definition) is 12. The molecule has 14 heteroatoms. The normalized spacial score (nSPS) is 23.4. The molecule has 1 aliphatic carbocycles. The van der Waals surface area contributed by atoms with Gasteiger partial charge in [-0.1, -0.05) is 125 Å². The second-order valence-corrected chi connectivity index (χ2v) is 15.5. The zero-order chi connectivity index (χ0) is 42.9. The summed E-state index contributed by atoms with van der Waals surface area (Å²) in [6.07, 6.45) is 29.4. The molecule has 0 aromatic carbocycles. The summed E-state index contributed by atoms with van der Waals surface area (Å²) in [6.45, 7) is 2.97. The van der Waals surface area contributed by atoms with Gasteiger partial charge in [0.2, 0.25) is 0 Å². The molecule has 1 aliphatic rings. The number of rotatable bonds is 32. The van der Waals surface area contributed by atoms with E-state index in [9.17, 15) is 44.6 Å². The van der Waals surface area contributed by atoms with E-state index < -0.39 is 75.7 Å². The van der Waals surface area contributed by atoms with Crippen molar-refractivity contribution in [1.82, 2.24) is 0 Å². The monoisotopic (exact) mass is 838 g/mol. The molecule has 0 aliphatic heterocycles. The Hall–Kier alpha value is -2.97. The van der Waals surface area contributed by atoms with Crippen molar-refractivity contribution in [3.05, 3.63) is 85.1 Å². The van der Waals surface area contributed by atoms with Crippen molar-refractivity contribution in [2.24, 2.45) is 0 Å². The number of esters is 2. The molecule has 330 valence electrons. The van der Waals surface area contributed by atoms with E-state index in [1.807, 2.05) is 24.3 Å². The summed E-state index contributed by atoms with van der Waals surface area (Å²) >= 11 is 0. The molecule has 0 bridgehead atoms. The predicted molar refractivity (Wildman–Crippen MR) is 225 cm³/mol. The third kappa shape index (κ3) is 26.2. The molecule has 1 rings (SSSR count). The summed E-state index contributed by atoms with van der Waals surface area (Å²) < 4.78 is 33.4.